The van der Waals surface area contributed by atoms with Crippen LogP contribution in [-0.4, -0.2) is 54.3 Å². The van der Waals surface area contributed by atoms with E-state index >= 15 is 0 Å². The van der Waals surface area contributed by atoms with E-state index in [1.165, 1.54) is 0 Å². The highest BCUT2D eigenvalue weighted by Crippen LogP contribution is 2.19. The molecule has 0 aliphatic carbocycles. The van der Waals surface area contributed by atoms with Crippen LogP contribution in [-0.2, 0) is 23.9 Å². The highest BCUT2D eigenvalue weighted by molar-refractivity contribution is 5.88. The van der Waals surface area contributed by atoms with Crippen LogP contribution in [0.2, 0.25) is 0 Å². The van der Waals surface area contributed by atoms with Gasteiger partial charge in [-0.3, -0.25) is 14.4 Å². The van der Waals surface area contributed by atoms with Crippen LogP contribution in [0.15, 0.2) is 0 Å². The quantitative estimate of drug-likeness (QED) is 0.383. The summed E-state index contributed by atoms with van der Waals surface area (Å²) in [6.45, 7) is 11.6. The Balaban J connectivity index is 4.25. The van der Waals surface area contributed by atoms with Crippen molar-refractivity contribution in [2.24, 2.45) is 0 Å². The first kappa shape index (κ1) is 26.0. The minimum absolute atomic E-state index is 0.0368. The van der Waals surface area contributed by atoms with Gasteiger partial charge in [-0.05, 0) is 53.9 Å². The van der Waals surface area contributed by atoms with Crippen LogP contribution in [0.1, 0.15) is 73.6 Å². The first-order valence-corrected chi connectivity index (χ1v) is 9.88. The number of aldehydes is 1. The first-order chi connectivity index (χ1) is 12.9. The van der Waals surface area contributed by atoms with Gasteiger partial charge in [-0.1, -0.05) is 6.92 Å². The van der Waals surface area contributed by atoms with Crippen LogP contribution < -0.4 is 16.0 Å². The lowest BCUT2D eigenvalue weighted by molar-refractivity contribution is -0.129. The lowest BCUT2D eigenvalue weighted by atomic mass is 9.99. The molecule has 0 fully saturated rings. The van der Waals surface area contributed by atoms with Gasteiger partial charge in [0.15, 0.2) is 0 Å². The van der Waals surface area contributed by atoms with Crippen LogP contribution in [0, 0.1) is 0 Å². The minimum Gasteiger partial charge on any atom is -0.375 e. The molecule has 0 unspecified atom stereocenters. The van der Waals surface area contributed by atoms with Crippen LogP contribution in [0.25, 0.3) is 0 Å². The van der Waals surface area contributed by atoms with Gasteiger partial charge in [0.1, 0.15) is 12.3 Å². The van der Waals surface area contributed by atoms with Gasteiger partial charge in [-0.15, -0.1) is 0 Å². The fourth-order valence-electron chi connectivity index (χ4n) is 2.47. The summed E-state index contributed by atoms with van der Waals surface area (Å²) in [7, 11) is 0. The second kappa shape index (κ2) is 12.5. The molecule has 0 bridgehead atoms. The Morgan fingerprint density at radius 3 is 2.25 bits per heavy atom. The lowest BCUT2D eigenvalue weighted by Crippen LogP contribution is -2.45. The highest BCUT2D eigenvalue weighted by atomic mass is 16.5. The Kier molecular flexibility index (Phi) is 11.6. The van der Waals surface area contributed by atoms with Gasteiger partial charge < -0.3 is 25.5 Å². The molecule has 28 heavy (non-hydrogen) atoms. The van der Waals surface area contributed by atoms with Crippen LogP contribution >= 0.6 is 0 Å². The number of ether oxygens (including phenoxy) is 1. The maximum absolute atomic E-state index is 12.0. The molecule has 0 saturated heterocycles. The molecule has 0 saturated carbocycles. The Hall–Kier alpha value is -1.96. The summed E-state index contributed by atoms with van der Waals surface area (Å²) in [5, 5.41) is 8.00. The molecule has 8 nitrogen and oxygen atoms in total. The third-order valence-electron chi connectivity index (χ3n) is 4.26. The van der Waals surface area contributed by atoms with E-state index in [1.54, 1.807) is 6.92 Å². The third kappa shape index (κ3) is 12.4. The summed E-state index contributed by atoms with van der Waals surface area (Å²) >= 11 is 0. The van der Waals surface area contributed by atoms with E-state index in [2.05, 4.69) is 16.0 Å². The van der Waals surface area contributed by atoms with E-state index in [4.69, 9.17) is 4.74 Å². The van der Waals surface area contributed by atoms with E-state index in [-0.39, 0.29) is 30.3 Å². The van der Waals surface area contributed by atoms with Crippen molar-refractivity contribution in [3.63, 3.8) is 0 Å². The molecule has 0 spiro atoms. The Morgan fingerprint density at radius 2 is 1.68 bits per heavy atom. The minimum atomic E-state index is -0.705. The molecular weight excluding hydrogens is 362 g/mol. The fourth-order valence-corrected chi connectivity index (χ4v) is 2.47. The highest BCUT2D eigenvalue weighted by Gasteiger charge is 2.24. The van der Waals surface area contributed by atoms with E-state index in [1.807, 2.05) is 34.6 Å². The maximum atomic E-state index is 12.0. The van der Waals surface area contributed by atoms with Gasteiger partial charge in [-0.25, -0.2) is 0 Å². The summed E-state index contributed by atoms with van der Waals surface area (Å²) in [4.78, 5) is 45.7. The molecule has 0 aliphatic rings. The molecule has 1 atom stereocenters. The normalized spacial score (nSPS) is 12.8. The molecule has 0 rings (SSSR count). The number of amides is 3. The number of carbonyl (C=O) groups excluding carboxylic acids is 4. The fraction of sp³-hybridized carbons (Fsp3) is 0.800. The first-order valence-electron chi connectivity index (χ1n) is 9.88. The zero-order chi connectivity index (χ0) is 21.8. The second-order valence-electron chi connectivity index (χ2n) is 8.24. The molecule has 0 heterocycles. The Bertz CT molecular complexity index is 532. The number of rotatable bonds is 14. The van der Waals surface area contributed by atoms with Crippen molar-refractivity contribution in [1.82, 2.24) is 16.0 Å². The average molecular weight is 400 g/mol. The summed E-state index contributed by atoms with van der Waals surface area (Å²) in [5.74, 6) is -0.615. The molecule has 0 aromatic carbocycles. The number of carbonyl (C=O) groups is 4. The van der Waals surface area contributed by atoms with Crippen molar-refractivity contribution >= 4 is 24.0 Å². The molecule has 0 aromatic rings. The zero-order valence-corrected chi connectivity index (χ0v) is 18.1. The van der Waals surface area contributed by atoms with E-state index in [9.17, 15) is 19.2 Å². The zero-order valence-electron chi connectivity index (χ0n) is 18.1. The molecule has 0 aliphatic heterocycles. The van der Waals surface area contributed by atoms with Gasteiger partial charge in [0.05, 0.1) is 12.1 Å². The van der Waals surface area contributed by atoms with Gasteiger partial charge in [0.2, 0.25) is 17.7 Å². The maximum Gasteiger partial charge on any atom is 0.242 e. The predicted molar refractivity (Wildman–Crippen MR) is 108 cm³/mol. The van der Waals surface area contributed by atoms with E-state index < -0.39 is 17.6 Å². The standard InChI is InChI=1S/C20H37N3O5/c1-7-8-17(26)23-19(3,4)11-14-28-20(5,6)10-9-16(25)22-15(2)18(27)21-12-13-24/h13,15H,7-12,14H2,1-6H3,(H,21,27)(H,22,25)(H,23,26)/t15-/m0/s1. The predicted octanol–water partition coefficient (Wildman–Crippen LogP) is 1.47. The SMILES string of the molecule is CCCC(=O)NC(C)(C)CCOC(C)(C)CCC(=O)N[C@@H](C)C(=O)NCC=O. The van der Waals surface area contributed by atoms with E-state index in [0.717, 1.165) is 6.42 Å². The van der Waals surface area contributed by atoms with Gasteiger partial charge in [-0.2, -0.15) is 0 Å². The lowest BCUT2D eigenvalue weighted by Gasteiger charge is -2.30. The van der Waals surface area contributed by atoms with Crippen molar-refractivity contribution in [2.45, 2.75) is 90.8 Å². The number of nitrogens with one attached hydrogen (secondary N) is 3. The molecular formula is C20H37N3O5. The summed E-state index contributed by atoms with van der Waals surface area (Å²) < 4.78 is 5.91. The monoisotopic (exact) mass is 399 g/mol. The largest absolute Gasteiger partial charge is 0.375 e. The van der Waals surface area contributed by atoms with Crippen molar-refractivity contribution in [3.8, 4) is 0 Å². The summed E-state index contributed by atoms with van der Waals surface area (Å²) in [6, 6.07) is -0.705. The molecule has 8 heteroatoms. The van der Waals surface area contributed by atoms with Crippen molar-refractivity contribution < 1.29 is 23.9 Å². The third-order valence-corrected chi connectivity index (χ3v) is 4.26. The van der Waals surface area contributed by atoms with Gasteiger partial charge in [0.25, 0.3) is 0 Å². The molecule has 3 amide bonds. The molecule has 3 N–H and O–H groups in total. The Morgan fingerprint density at radius 1 is 1.04 bits per heavy atom. The van der Waals surface area contributed by atoms with Crippen molar-refractivity contribution in [3.05, 3.63) is 0 Å². The van der Waals surface area contributed by atoms with Gasteiger partial charge in [0, 0.05) is 25.0 Å². The number of hydrogen-bond donors (Lipinski definition) is 3. The van der Waals surface area contributed by atoms with Crippen molar-refractivity contribution in [1.29, 1.82) is 0 Å². The second-order valence-corrected chi connectivity index (χ2v) is 8.24. The molecule has 0 radical (unpaired) electrons. The molecule has 0 aromatic heterocycles. The summed E-state index contributed by atoms with van der Waals surface area (Å²) in [6.07, 6.45) is 3.27. The number of hydrogen-bond acceptors (Lipinski definition) is 5. The topological polar surface area (TPSA) is 114 Å². The smallest absolute Gasteiger partial charge is 0.242 e. The Labute approximate surface area is 168 Å². The van der Waals surface area contributed by atoms with Crippen LogP contribution in [0.3, 0.4) is 0 Å². The van der Waals surface area contributed by atoms with Crippen molar-refractivity contribution in [2.75, 3.05) is 13.2 Å². The summed E-state index contributed by atoms with van der Waals surface area (Å²) in [5.41, 5.74) is -0.867. The van der Waals surface area contributed by atoms with Crippen LogP contribution in [0.5, 0.6) is 0 Å². The molecule has 162 valence electrons. The van der Waals surface area contributed by atoms with Crippen LogP contribution in [0.4, 0.5) is 0 Å². The van der Waals surface area contributed by atoms with Gasteiger partial charge >= 0.3 is 0 Å². The average Bonchev–Trinajstić information content (AvgIpc) is 2.57. The van der Waals surface area contributed by atoms with E-state index in [0.29, 0.717) is 32.2 Å².